The molecule has 2 N–H and O–H groups in total. The summed E-state index contributed by atoms with van der Waals surface area (Å²) >= 11 is 0. The summed E-state index contributed by atoms with van der Waals surface area (Å²) in [5, 5.41) is 6.24. The first-order valence-corrected chi connectivity index (χ1v) is 5.69. The van der Waals surface area contributed by atoms with Gasteiger partial charge in [-0.1, -0.05) is 0 Å². The Kier molecular flexibility index (Phi) is 3.56. The van der Waals surface area contributed by atoms with E-state index in [4.69, 9.17) is 14.4 Å². The van der Waals surface area contributed by atoms with Gasteiger partial charge < -0.3 is 0 Å². The van der Waals surface area contributed by atoms with Crippen molar-refractivity contribution < 1.29 is 25.9 Å². The first kappa shape index (κ1) is 12.0. The molecule has 0 heterocycles. The van der Waals surface area contributed by atoms with Crippen LogP contribution in [-0.2, 0) is 20.2 Å². The van der Waals surface area contributed by atoms with Crippen LogP contribution in [0.15, 0.2) is 11.5 Å². The molecule has 0 amide bonds. The lowest BCUT2D eigenvalue weighted by molar-refractivity contribution is 0.481. The standard InChI is InChI=1S/C4H5NO6S2/c5-3-4(13(9,10)11)1-2-12(6,7)8/h1-2,4H,(H,6,7,8)(H,9,10,11)/b2-1+. The van der Waals surface area contributed by atoms with Gasteiger partial charge in [-0.25, -0.2) is 0 Å². The molecule has 0 rings (SSSR count). The van der Waals surface area contributed by atoms with Gasteiger partial charge in [0.05, 0.1) is 11.5 Å². The lowest BCUT2D eigenvalue weighted by Gasteiger charge is -1.96. The molecule has 0 saturated carbocycles. The Morgan fingerprint density at radius 1 is 1.23 bits per heavy atom. The van der Waals surface area contributed by atoms with Crippen LogP contribution in [0, 0.1) is 11.3 Å². The predicted octanol–water partition coefficient (Wildman–Crippen LogP) is -0.832. The van der Waals surface area contributed by atoms with Gasteiger partial charge in [-0.15, -0.1) is 0 Å². The molecule has 74 valence electrons. The minimum Gasteiger partial charge on any atom is -0.284 e. The highest BCUT2D eigenvalue weighted by molar-refractivity contribution is 7.89. The van der Waals surface area contributed by atoms with Gasteiger partial charge in [-0.2, -0.15) is 22.1 Å². The van der Waals surface area contributed by atoms with E-state index in [0.29, 0.717) is 6.08 Å². The number of hydrogen-bond donors (Lipinski definition) is 2. The maximum Gasteiger partial charge on any atom is 0.287 e. The molecule has 0 aliphatic heterocycles. The molecule has 0 aromatic heterocycles. The minimum atomic E-state index is -4.66. The van der Waals surface area contributed by atoms with Crippen molar-refractivity contribution in [3.05, 3.63) is 11.5 Å². The molecule has 1 unspecified atom stereocenters. The molecule has 0 aliphatic carbocycles. The van der Waals surface area contributed by atoms with Crippen LogP contribution >= 0.6 is 0 Å². The average molecular weight is 227 g/mol. The first-order valence-electron chi connectivity index (χ1n) is 2.68. The van der Waals surface area contributed by atoms with Crippen LogP contribution in [0.2, 0.25) is 0 Å². The maximum absolute atomic E-state index is 10.3. The molecule has 7 nitrogen and oxygen atoms in total. The predicted molar refractivity (Wildman–Crippen MR) is 41.6 cm³/mol. The maximum atomic E-state index is 10.3. The second-order valence-corrected chi connectivity index (χ2v) is 4.75. The molecule has 0 spiro atoms. The highest BCUT2D eigenvalue weighted by Crippen LogP contribution is 2.00. The molecule has 0 radical (unpaired) electrons. The van der Waals surface area contributed by atoms with Crippen LogP contribution < -0.4 is 0 Å². The number of nitrogens with zero attached hydrogens (tertiary/aromatic N) is 1. The second-order valence-electron chi connectivity index (χ2n) is 1.91. The minimum absolute atomic E-state index is 0.106. The van der Waals surface area contributed by atoms with Crippen molar-refractivity contribution in [2.24, 2.45) is 0 Å². The van der Waals surface area contributed by atoms with E-state index < -0.39 is 25.5 Å². The largest absolute Gasteiger partial charge is 0.287 e. The zero-order valence-corrected chi connectivity index (χ0v) is 7.66. The van der Waals surface area contributed by atoms with E-state index >= 15 is 0 Å². The third-order valence-corrected chi connectivity index (χ3v) is 2.28. The van der Waals surface area contributed by atoms with Gasteiger partial charge >= 0.3 is 0 Å². The topological polar surface area (TPSA) is 133 Å². The number of hydrogen-bond acceptors (Lipinski definition) is 5. The van der Waals surface area contributed by atoms with Crippen LogP contribution in [0.1, 0.15) is 0 Å². The van der Waals surface area contributed by atoms with E-state index in [1.54, 1.807) is 0 Å². The van der Waals surface area contributed by atoms with Crippen LogP contribution in [0.3, 0.4) is 0 Å². The van der Waals surface area contributed by atoms with E-state index in [1.165, 1.54) is 0 Å². The molecule has 0 saturated heterocycles. The van der Waals surface area contributed by atoms with Crippen LogP contribution in [-0.4, -0.2) is 31.2 Å². The summed E-state index contributed by atoms with van der Waals surface area (Å²) < 4.78 is 57.1. The van der Waals surface area contributed by atoms with E-state index in [2.05, 4.69) is 0 Å². The fourth-order valence-electron chi connectivity index (χ4n) is 0.380. The second kappa shape index (κ2) is 3.84. The molecular weight excluding hydrogens is 222 g/mol. The smallest absolute Gasteiger partial charge is 0.284 e. The molecule has 1 atom stereocenters. The molecule has 0 aromatic carbocycles. The normalized spacial score (nSPS) is 15.5. The van der Waals surface area contributed by atoms with Gasteiger partial charge in [-0.05, 0) is 6.08 Å². The lowest BCUT2D eigenvalue weighted by atomic mass is 10.5. The summed E-state index contributed by atoms with van der Waals surface area (Å²) in [6.45, 7) is 0. The monoisotopic (exact) mass is 227 g/mol. The quantitative estimate of drug-likeness (QED) is 0.601. The summed E-state index contributed by atoms with van der Waals surface area (Å²) in [5.41, 5.74) is 0. The van der Waals surface area contributed by atoms with Crippen molar-refractivity contribution in [3.8, 4) is 6.07 Å². The average Bonchev–Trinajstić information content (AvgIpc) is 1.82. The van der Waals surface area contributed by atoms with Gasteiger partial charge in [-0.3, -0.25) is 9.11 Å². The van der Waals surface area contributed by atoms with Gasteiger partial charge in [0, 0.05) is 0 Å². The molecule has 13 heavy (non-hydrogen) atoms. The van der Waals surface area contributed by atoms with E-state index in [1.807, 2.05) is 0 Å². The van der Waals surface area contributed by atoms with Crippen molar-refractivity contribution in [1.29, 1.82) is 5.26 Å². The van der Waals surface area contributed by atoms with Gasteiger partial charge in [0.25, 0.3) is 20.2 Å². The van der Waals surface area contributed by atoms with Gasteiger partial charge in [0.1, 0.15) is 0 Å². The van der Waals surface area contributed by atoms with E-state index in [0.717, 1.165) is 6.07 Å². The Bertz CT molecular complexity index is 438. The zero-order valence-electron chi connectivity index (χ0n) is 6.02. The van der Waals surface area contributed by atoms with Crippen LogP contribution in [0.5, 0.6) is 0 Å². The third kappa shape index (κ3) is 5.31. The van der Waals surface area contributed by atoms with Crippen molar-refractivity contribution in [3.63, 3.8) is 0 Å². The number of nitriles is 1. The third-order valence-electron chi connectivity index (χ3n) is 0.873. The van der Waals surface area contributed by atoms with E-state index in [9.17, 15) is 16.8 Å². The van der Waals surface area contributed by atoms with Gasteiger partial charge in [0.2, 0.25) is 0 Å². The Balaban J connectivity index is 4.93. The Morgan fingerprint density at radius 3 is 1.92 bits per heavy atom. The summed E-state index contributed by atoms with van der Waals surface area (Å²) in [6, 6.07) is 1.11. The molecule has 9 heteroatoms. The molecule has 0 bridgehead atoms. The highest BCUT2D eigenvalue weighted by Gasteiger charge is 2.19. The van der Waals surface area contributed by atoms with Crippen molar-refractivity contribution in [1.82, 2.24) is 0 Å². The lowest BCUT2D eigenvalue weighted by Crippen LogP contribution is -2.15. The van der Waals surface area contributed by atoms with Crippen LogP contribution in [0.4, 0.5) is 0 Å². The fourth-order valence-corrected chi connectivity index (χ4v) is 1.25. The zero-order chi connectivity index (χ0) is 10.7. The summed E-state index contributed by atoms with van der Waals surface area (Å²) in [5.74, 6) is 0. The molecule has 0 aliphatic rings. The molecule has 0 aromatic rings. The Labute approximate surface area is 74.8 Å². The fraction of sp³-hybridized carbons (Fsp3) is 0.250. The Morgan fingerprint density at radius 2 is 1.69 bits per heavy atom. The van der Waals surface area contributed by atoms with Crippen molar-refractivity contribution >= 4 is 20.2 Å². The number of rotatable bonds is 3. The van der Waals surface area contributed by atoms with Crippen molar-refractivity contribution in [2.75, 3.05) is 0 Å². The SMILES string of the molecule is N#CC(/C=C/S(=O)(=O)O)S(=O)(=O)O. The first-order chi connectivity index (χ1) is 5.67. The van der Waals surface area contributed by atoms with Crippen molar-refractivity contribution in [2.45, 2.75) is 5.25 Å². The van der Waals surface area contributed by atoms with Gasteiger partial charge in [0.15, 0.2) is 5.25 Å². The summed E-state index contributed by atoms with van der Waals surface area (Å²) in [4.78, 5) is 0. The highest BCUT2D eigenvalue weighted by atomic mass is 32.2. The molecular formula is C4H5NO6S2. The Hall–Kier alpha value is -0.950. The van der Waals surface area contributed by atoms with E-state index in [-0.39, 0.29) is 5.41 Å². The summed E-state index contributed by atoms with van der Waals surface area (Å²) in [7, 11) is -9.16. The summed E-state index contributed by atoms with van der Waals surface area (Å²) in [6.07, 6.45) is 0.352. The molecule has 0 fully saturated rings. The van der Waals surface area contributed by atoms with Crippen LogP contribution in [0.25, 0.3) is 0 Å².